The highest BCUT2D eigenvalue weighted by Crippen LogP contribution is 2.40. The van der Waals surface area contributed by atoms with E-state index in [1.54, 1.807) is 0 Å². The summed E-state index contributed by atoms with van der Waals surface area (Å²) < 4.78 is 5.83. The molecular formula is C13H16BrNO2. The number of hydrogen-bond acceptors (Lipinski definition) is 3. The van der Waals surface area contributed by atoms with Crippen LogP contribution < -0.4 is 5.73 Å². The number of esters is 1. The Morgan fingerprint density at radius 3 is 2.71 bits per heavy atom. The fourth-order valence-electron chi connectivity index (χ4n) is 2.48. The molecule has 0 aromatic heterocycles. The first kappa shape index (κ1) is 12.6. The van der Waals surface area contributed by atoms with Crippen LogP contribution >= 0.6 is 15.9 Å². The number of methoxy groups -OCH3 is 1. The lowest BCUT2D eigenvalue weighted by molar-refractivity contribution is -0.146. The zero-order chi connectivity index (χ0) is 12.5. The van der Waals surface area contributed by atoms with Gasteiger partial charge in [-0.2, -0.15) is 0 Å². The summed E-state index contributed by atoms with van der Waals surface area (Å²) in [6.45, 7) is 0. The van der Waals surface area contributed by atoms with Gasteiger partial charge < -0.3 is 10.5 Å². The lowest BCUT2D eigenvalue weighted by atomic mass is 9.93. The first-order valence-electron chi connectivity index (χ1n) is 5.68. The van der Waals surface area contributed by atoms with E-state index in [0.717, 1.165) is 10.9 Å². The smallest absolute Gasteiger partial charge is 0.325 e. The van der Waals surface area contributed by atoms with E-state index in [4.69, 9.17) is 10.5 Å². The molecule has 17 heavy (non-hydrogen) atoms. The molecule has 0 amide bonds. The van der Waals surface area contributed by atoms with Crippen molar-refractivity contribution in [2.75, 3.05) is 7.11 Å². The maximum Gasteiger partial charge on any atom is 0.325 e. The minimum Gasteiger partial charge on any atom is -0.468 e. The Balaban J connectivity index is 2.12. The summed E-state index contributed by atoms with van der Waals surface area (Å²) >= 11 is 3.41. The molecule has 1 aliphatic carbocycles. The Labute approximate surface area is 109 Å². The molecule has 0 spiro atoms. The van der Waals surface area contributed by atoms with Gasteiger partial charge >= 0.3 is 5.97 Å². The SMILES string of the molecule is COC(=O)[C@@]1(N)CCC(c2ccc(Br)cc2)C1. The van der Waals surface area contributed by atoms with Gasteiger partial charge in [-0.3, -0.25) is 4.79 Å². The molecule has 2 N–H and O–H groups in total. The number of benzene rings is 1. The van der Waals surface area contributed by atoms with Crippen LogP contribution in [0.15, 0.2) is 28.7 Å². The van der Waals surface area contributed by atoms with Gasteiger partial charge in [-0.15, -0.1) is 0 Å². The molecule has 1 saturated carbocycles. The summed E-state index contributed by atoms with van der Waals surface area (Å²) in [4.78, 5) is 11.6. The number of ether oxygens (including phenoxy) is 1. The quantitative estimate of drug-likeness (QED) is 0.854. The normalized spacial score (nSPS) is 28.1. The number of hydrogen-bond donors (Lipinski definition) is 1. The van der Waals surface area contributed by atoms with Crippen molar-refractivity contribution < 1.29 is 9.53 Å². The average Bonchev–Trinajstić information content (AvgIpc) is 2.73. The minimum absolute atomic E-state index is 0.294. The number of carbonyl (C=O) groups is 1. The number of nitrogens with two attached hydrogens (primary N) is 1. The van der Waals surface area contributed by atoms with Crippen molar-refractivity contribution in [3.05, 3.63) is 34.3 Å². The van der Waals surface area contributed by atoms with Crippen molar-refractivity contribution in [2.45, 2.75) is 30.7 Å². The second-order valence-electron chi connectivity index (χ2n) is 4.64. The molecule has 1 fully saturated rings. The molecule has 4 heteroatoms. The van der Waals surface area contributed by atoms with Crippen molar-refractivity contribution >= 4 is 21.9 Å². The summed E-state index contributed by atoms with van der Waals surface area (Å²) in [5.74, 6) is 0.0595. The van der Waals surface area contributed by atoms with Crippen LogP contribution in [0.1, 0.15) is 30.7 Å². The molecule has 0 aliphatic heterocycles. The van der Waals surface area contributed by atoms with E-state index < -0.39 is 5.54 Å². The van der Waals surface area contributed by atoms with Crippen molar-refractivity contribution in [3.63, 3.8) is 0 Å². The predicted molar refractivity (Wildman–Crippen MR) is 69.7 cm³/mol. The molecule has 92 valence electrons. The van der Waals surface area contributed by atoms with Crippen molar-refractivity contribution in [3.8, 4) is 0 Å². The molecule has 3 nitrogen and oxygen atoms in total. The van der Waals surface area contributed by atoms with E-state index in [1.165, 1.54) is 12.7 Å². The maximum atomic E-state index is 11.6. The van der Waals surface area contributed by atoms with E-state index in [1.807, 2.05) is 12.1 Å². The number of carbonyl (C=O) groups excluding carboxylic acids is 1. The van der Waals surface area contributed by atoms with Crippen LogP contribution in [0, 0.1) is 0 Å². The topological polar surface area (TPSA) is 52.3 Å². The molecular weight excluding hydrogens is 282 g/mol. The van der Waals surface area contributed by atoms with Crippen LogP contribution in [0.2, 0.25) is 0 Å². The van der Waals surface area contributed by atoms with Crippen LogP contribution in [-0.2, 0) is 9.53 Å². The van der Waals surface area contributed by atoms with Gasteiger partial charge in [0, 0.05) is 4.47 Å². The van der Waals surface area contributed by atoms with E-state index in [9.17, 15) is 4.79 Å². The summed E-state index contributed by atoms with van der Waals surface area (Å²) in [5.41, 5.74) is 6.53. The largest absolute Gasteiger partial charge is 0.468 e. The van der Waals surface area contributed by atoms with Crippen molar-refractivity contribution in [1.82, 2.24) is 0 Å². The zero-order valence-electron chi connectivity index (χ0n) is 9.78. The van der Waals surface area contributed by atoms with E-state index >= 15 is 0 Å². The highest BCUT2D eigenvalue weighted by atomic mass is 79.9. The lowest BCUT2D eigenvalue weighted by Crippen LogP contribution is -2.46. The minimum atomic E-state index is -0.799. The van der Waals surface area contributed by atoms with Crippen molar-refractivity contribution in [1.29, 1.82) is 0 Å². The van der Waals surface area contributed by atoms with Gasteiger partial charge in [0.15, 0.2) is 0 Å². The third-order valence-electron chi connectivity index (χ3n) is 3.48. The fraction of sp³-hybridized carbons (Fsp3) is 0.462. The molecule has 1 aromatic carbocycles. The molecule has 0 heterocycles. The molecule has 0 saturated heterocycles. The third-order valence-corrected chi connectivity index (χ3v) is 4.01. The molecule has 1 aliphatic rings. The molecule has 0 radical (unpaired) electrons. The van der Waals surface area contributed by atoms with Crippen LogP contribution in [0.5, 0.6) is 0 Å². The van der Waals surface area contributed by atoms with E-state index in [0.29, 0.717) is 18.8 Å². The van der Waals surface area contributed by atoms with Gasteiger partial charge in [-0.1, -0.05) is 28.1 Å². The molecule has 0 bridgehead atoms. The average molecular weight is 298 g/mol. The van der Waals surface area contributed by atoms with Gasteiger partial charge in [0.2, 0.25) is 0 Å². The fourth-order valence-corrected chi connectivity index (χ4v) is 2.75. The first-order valence-corrected chi connectivity index (χ1v) is 6.47. The highest BCUT2D eigenvalue weighted by molar-refractivity contribution is 9.10. The van der Waals surface area contributed by atoms with Gasteiger partial charge in [0.05, 0.1) is 7.11 Å². The second kappa shape index (κ2) is 4.78. The van der Waals surface area contributed by atoms with Crippen LogP contribution in [0.25, 0.3) is 0 Å². The Bertz CT molecular complexity index is 418. The van der Waals surface area contributed by atoms with Gasteiger partial charge in [-0.25, -0.2) is 0 Å². The second-order valence-corrected chi connectivity index (χ2v) is 5.55. The van der Waals surface area contributed by atoms with Crippen LogP contribution in [0.3, 0.4) is 0 Å². The molecule has 1 aromatic rings. The highest BCUT2D eigenvalue weighted by Gasteiger charge is 2.43. The number of rotatable bonds is 2. The third kappa shape index (κ3) is 2.53. The monoisotopic (exact) mass is 297 g/mol. The first-order chi connectivity index (χ1) is 8.05. The maximum absolute atomic E-state index is 11.6. The standard InChI is InChI=1S/C13H16BrNO2/c1-17-12(16)13(15)7-6-10(8-13)9-2-4-11(14)5-3-9/h2-5,10H,6-8,15H2,1H3/t10?,13-/m1/s1. The molecule has 1 unspecified atom stereocenters. The lowest BCUT2D eigenvalue weighted by Gasteiger charge is -2.20. The summed E-state index contributed by atoms with van der Waals surface area (Å²) in [5, 5.41) is 0. The van der Waals surface area contributed by atoms with Gasteiger partial charge in [-0.05, 0) is 42.9 Å². The number of halogens is 1. The summed E-state index contributed by atoms with van der Waals surface area (Å²) in [7, 11) is 1.39. The van der Waals surface area contributed by atoms with E-state index in [-0.39, 0.29) is 5.97 Å². The summed E-state index contributed by atoms with van der Waals surface area (Å²) in [6, 6.07) is 8.20. The Morgan fingerprint density at radius 2 is 2.12 bits per heavy atom. The molecule has 2 rings (SSSR count). The van der Waals surface area contributed by atoms with Crippen molar-refractivity contribution in [2.24, 2.45) is 5.73 Å². The van der Waals surface area contributed by atoms with Crippen LogP contribution in [-0.4, -0.2) is 18.6 Å². The van der Waals surface area contributed by atoms with Crippen LogP contribution in [0.4, 0.5) is 0 Å². The Morgan fingerprint density at radius 1 is 1.47 bits per heavy atom. The van der Waals surface area contributed by atoms with Gasteiger partial charge in [0.25, 0.3) is 0 Å². The molecule has 2 atom stereocenters. The summed E-state index contributed by atoms with van der Waals surface area (Å²) in [6.07, 6.45) is 2.30. The predicted octanol–water partition coefficient (Wildman–Crippen LogP) is 2.59. The Hall–Kier alpha value is -0.870. The zero-order valence-corrected chi connectivity index (χ0v) is 11.4. The van der Waals surface area contributed by atoms with E-state index in [2.05, 4.69) is 28.1 Å². The Kier molecular flexibility index (Phi) is 3.54. The van der Waals surface area contributed by atoms with Gasteiger partial charge in [0.1, 0.15) is 5.54 Å².